The second-order valence-corrected chi connectivity index (χ2v) is 7.63. The molecule has 1 aromatic heterocycles. The van der Waals surface area contributed by atoms with Crippen molar-refractivity contribution >= 4 is 22.6 Å². The van der Waals surface area contributed by atoms with Crippen LogP contribution in [0.4, 0.5) is 11.4 Å². The molecule has 130 valence electrons. The smallest absolute Gasteiger partial charge is 0.266 e. The third-order valence-corrected chi connectivity index (χ3v) is 4.74. The summed E-state index contributed by atoms with van der Waals surface area (Å²) in [7, 11) is 0. The molecule has 1 atom stereocenters. The Morgan fingerprint density at radius 2 is 1.56 bits per heavy atom. The molecule has 2 aromatic carbocycles. The third-order valence-electron chi connectivity index (χ3n) is 4.01. The Balaban J connectivity index is 1.92. The predicted molar refractivity (Wildman–Crippen MR) is 102 cm³/mol. The highest BCUT2D eigenvalue weighted by Gasteiger charge is 2.18. The van der Waals surface area contributed by atoms with Gasteiger partial charge in [0.05, 0.1) is 17.7 Å². The number of benzene rings is 2. The molecule has 25 heavy (non-hydrogen) atoms. The van der Waals surface area contributed by atoms with Crippen LogP contribution in [0.25, 0.3) is 5.69 Å². The minimum atomic E-state index is -2.16. The van der Waals surface area contributed by atoms with Crippen LogP contribution in [-0.4, -0.2) is 18.3 Å². The van der Waals surface area contributed by atoms with E-state index in [-0.39, 0.29) is 5.41 Å². The van der Waals surface area contributed by atoms with Crippen LogP contribution in [0.15, 0.2) is 67.3 Å². The van der Waals surface area contributed by atoms with Gasteiger partial charge in [0.2, 0.25) is 0 Å². The first-order valence-corrected chi connectivity index (χ1v) is 9.03. The summed E-state index contributed by atoms with van der Waals surface area (Å²) in [5.74, 6) is 0. The maximum absolute atomic E-state index is 11.9. The lowest BCUT2D eigenvalue weighted by atomic mass is 9.87. The zero-order valence-electron chi connectivity index (χ0n) is 14.5. The summed E-state index contributed by atoms with van der Waals surface area (Å²) in [5, 5.41) is 0. The first kappa shape index (κ1) is 17.4. The summed E-state index contributed by atoms with van der Waals surface area (Å²) in [6.45, 7) is 6.41. The van der Waals surface area contributed by atoms with E-state index in [0.29, 0.717) is 11.4 Å². The summed E-state index contributed by atoms with van der Waals surface area (Å²) in [5.41, 5.74) is 3.47. The van der Waals surface area contributed by atoms with Crippen molar-refractivity contribution in [3.63, 3.8) is 0 Å². The molecule has 3 rings (SSSR count). The van der Waals surface area contributed by atoms with Gasteiger partial charge in [-0.2, -0.15) is 0 Å². The Morgan fingerprint density at radius 1 is 1.00 bits per heavy atom. The Labute approximate surface area is 150 Å². The van der Waals surface area contributed by atoms with Crippen molar-refractivity contribution in [3.8, 4) is 5.69 Å². The minimum absolute atomic E-state index is 0.0359. The van der Waals surface area contributed by atoms with E-state index in [1.807, 2.05) is 59.3 Å². The zero-order chi connectivity index (χ0) is 18.0. The van der Waals surface area contributed by atoms with Crippen molar-refractivity contribution in [1.29, 1.82) is 0 Å². The van der Waals surface area contributed by atoms with Crippen LogP contribution >= 0.6 is 0 Å². The van der Waals surface area contributed by atoms with Crippen molar-refractivity contribution in [2.75, 3.05) is 4.31 Å². The second-order valence-electron chi connectivity index (χ2n) is 6.81. The summed E-state index contributed by atoms with van der Waals surface area (Å²) in [6, 6.07) is 15.2. The largest absolute Gasteiger partial charge is 0.306 e. The highest BCUT2D eigenvalue weighted by Crippen LogP contribution is 2.30. The fraction of sp³-hybridized carbons (Fsp3) is 0.211. The fourth-order valence-corrected chi connectivity index (χ4v) is 3.20. The molecule has 0 aliphatic heterocycles. The molecule has 0 amide bonds. The maximum Gasteiger partial charge on any atom is 0.266 e. The normalized spacial score (nSPS) is 12.8. The highest BCUT2D eigenvalue weighted by atomic mass is 32.2. The Morgan fingerprint density at radius 3 is 2.00 bits per heavy atom. The molecule has 1 heterocycles. The van der Waals surface area contributed by atoms with E-state index in [0.717, 1.165) is 5.69 Å². The van der Waals surface area contributed by atoms with Crippen molar-refractivity contribution in [3.05, 3.63) is 72.8 Å². The first-order chi connectivity index (χ1) is 11.9. The summed E-state index contributed by atoms with van der Waals surface area (Å²) in [6.07, 6.45) is 5.27. The molecule has 1 unspecified atom stereocenters. The maximum atomic E-state index is 11.9. The van der Waals surface area contributed by atoms with E-state index in [9.17, 15) is 8.76 Å². The van der Waals surface area contributed by atoms with E-state index in [2.05, 4.69) is 25.8 Å². The van der Waals surface area contributed by atoms with Crippen LogP contribution in [0, 0.1) is 0 Å². The quantitative estimate of drug-likeness (QED) is 0.704. The monoisotopic (exact) mass is 355 g/mol. The number of hydrogen-bond donors (Lipinski definition) is 1. The predicted octanol–water partition coefficient (Wildman–Crippen LogP) is 4.44. The summed E-state index contributed by atoms with van der Waals surface area (Å²) in [4.78, 5) is 4.02. The molecule has 0 aliphatic rings. The van der Waals surface area contributed by atoms with Crippen LogP contribution < -0.4 is 4.31 Å². The Hall–Kier alpha value is -2.44. The van der Waals surface area contributed by atoms with Crippen molar-refractivity contribution in [2.24, 2.45) is 0 Å². The molecule has 0 aliphatic carbocycles. The molecule has 0 radical (unpaired) electrons. The van der Waals surface area contributed by atoms with Crippen LogP contribution in [0.5, 0.6) is 0 Å². The third kappa shape index (κ3) is 3.81. The lowest BCUT2D eigenvalue weighted by molar-refractivity contribution is 0.564. The topological polar surface area (TPSA) is 58.4 Å². The number of rotatable bonds is 4. The molecule has 0 saturated heterocycles. The second kappa shape index (κ2) is 6.82. The van der Waals surface area contributed by atoms with Gasteiger partial charge in [0.25, 0.3) is 11.3 Å². The average molecular weight is 355 g/mol. The number of aromatic nitrogens is 2. The molecule has 0 bridgehead atoms. The molecule has 6 heteroatoms. The van der Waals surface area contributed by atoms with Crippen molar-refractivity contribution in [1.82, 2.24) is 9.55 Å². The van der Waals surface area contributed by atoms with E-state index in [4.69, 9.17) is 0 Å². The highest BCUT2D eigenvalue weighted by molar-refractivity contribution is 7.81. The molecular formula is C19H21N3O2S. The van der Waals surface area contributed by atoms with E-state index in [1.165, 1.54) is 9.87 Å². The van der Waals surface area contributed by atoms with Gasteiger partial charge in [-0.25, -0.2) is 13.5 Å². The standard InChI is InChI=1S/C19H21N3O2S/c1-19(2,3)15-4-6-17(7-5-15)22(25(23)24)18-10-8-16(9-11-18)21-13-12-20-14-21/h4-14H,1-3H3,(H,23,24). The minimum Gasteiger partial charge on any atom is -0.306 e. The molecule has 5 nitrogen and oxygen atoms in total. The van der Waals surface area contributed by atoms with Gasteiger partial charge in [0.1, 0.15) is 0 Å². The number of imidazole rings is 1. The lowest BCUT2D eigenvalue weighted by Crippen LogP contribution is -2.19. The SMILES string of the molecule is CC(C)(C)c1ccc(N(c2ccc(-n3ccnc3)cc2)S(=O)O)cc1. The zero-order valence-corrected chi connectivity index (χ0v) is 15.3. The van der Waals surface area contributed by atoms with Crippen LogP contribution in [0.3, 0.4) is 0 Å². The molecule has 0 fully saturated rings. The lowest BCUT2D eigenvalue weighted by Gasteiger charge is -2.23. The molecule has 0 spiro atoms. The molecule has 1 N–H and O–H groups in total. The van der Waals surface area contributed by atoms with Gasteiger partial charge >= 0.3 is 0 Å². The van der Waals surface area contributed by atoms with Crippen LogP contribution in [0.1, 0.15) is 26.3 Å². The van der Waals surface area contributed by atoms with Gasteiger partial charge < -0.3 is 4.57 Å². The summed E-state index contributed by atoms with van der Waals surface area (Å²) >= 11 is -2.16. The Kier molecular flexibility index (Phi) is 4.74. The van der Waals surface area contributed by atoms with E-state index in [1.54, 1.807) is 12.5 Å². The van der Waals surface area contributed by atoms with Gasteiger partial charge in [-0.05, 0) is 47.4 Å². The van der Waals surface area contributed by atoms with Crippen LogP contribution in [0.2, 0.25) is 0 Å². The molecule has 3 aromatic rings. The first-order valence-electron chi connectivity index (χ1n) is 7.96. The van der Waals surface area contributed by atoms with Gasteiger partial charge in [0.15, 0.2) is 0 Å². The number of hydrogen-bond acceptors (Lipinski definition) is 2. The average Bonchev–Trinajstić information content (AvgIpc) is 3.09. The molecule has 0 saturated carbocycles. The van der Waals surface area contributed by atoms with Gasteiger partial charge in [0, 0.05) is 18.1 Å². The number of nitrogens with zero attached hydrogens (tertiary/aromatic N) is 3. The molecular weight excluding hydrogens is 334 g/mol. The van der Waals surface area contributed by atoms with Gasteiger partial charge in [-0.1, -0.05) is 32.9 Å². The van der Waals surface area contributed by atoms with E-state index >= 15 is 0 Å². The van der Waals surface area contributed by atoms with Crippen LogP contribution in [-0.2, 0) is 16.7 Å². The van der Waals surface area contributed by atoms with Gasteiger partial charge in [-0.3, -0.25) is 4.55 Å². The fourth-order valence-electron chi connectivity index (χ4n) is 2.60. The Bertz CT molecular complexity index is 851. The van der Waals surface area contributed by atoms with Crippen molar-refractivity contribution < 1.29 is 8.76 Å². The van der Waals surface area contributed by atoms with Gasteiger partial charge in [-0.15, -0.1) is 0 Å². The number of anilines is 2. The summed E-state index contributed by atoms with van der Waals surface area (Å²) < 4.78 is 25.0. The van der Waals surface area contributed by atoms with Crippen molar-refractivity contribution in [2.45, 2.75) is 26.2 Å². The van der Waals surface area contributed by atoms with E-state index < -0.39 is 11.3 Å².